The lowest BCUT2D eigenvalue weighted by Crippen LogP contribution is -2.61. The van der Waals surface area contributed by atoms with Crippen LogP contribution in [-0.2, 0) is 12.8 Å². The van der Waals surface area contributed by atoms with Gasteiger partial charge in [0, 0.05) is 30.9 Å². The number of rotatable bonds is 1. The van der Waals surface area contributed by atoms with E-state index in [2.05, 4.69) is 54.1 Å². The van der Waals surface area contributed by atoms with Crippen LogP contribution < -0.4 is 4.90 Å². The molecule has 0 amide bonds. The summed E-state index contributed by atoms with van der Waals surface area (Å²) in [6, 6.07) is 15.6. The highest BCUT2D eigenvalue weighted by molar-refractivity contribution is 5.56. The molecule has 1 saturated heterocycles. The lowest BCUT2D eigenvalue weighted by atomic mass is 9.81. The number of benzene rings is 2. The first-order valence-electron chi connectivity index (χ1n) is 8.47. The second kappa shape index (κ2) is 5.57. The van der Waals surface area contributed by atoms with Gasteiger partial charge in [-0.1, -0.05) is 30.3 Å². The fraction of sp³-hybridized carbons (Fsp3) is 0.400. The predicted molar refractivity (Wildman–Crippen MR) is 94.2 cm³/mol. The lowest BCUT2D eigenvalue weighted by molar-refractivity contribution is 0.163. The van der Waals surface area contributed by atoms with Gasteiger partial charge in [-0.15, -0.1) is 0 Å². The van der Waals surface area contributed by atoms with Gasteiger partial charge < -0.3 is 10.0 Å². The number of phenolic OH excluding ortho intramolecular Hbond substituents is 1. The third kappa shape index (κ3) is 2.40. The molecule has 2 aromatic carbocycles. The Morgan fingerprint density at radius 2 is 1.78 bits per heavy atom. The van der Waals surface area contributed by atoms with Crippen LogP contribution in [0.25, 0.3) is 0 Å². The van der Waals surface area contributed by atoms with E-state index in [9.17, 15) is 5.11 Å². The maximum atomic E-state index is 10.3. The van der Waals surface area contributed by atoms with Crippen molar-refractivity contribution in [1.29, 1.82) is 0 Å². The van der Waals surface area contributed by atoms with Crippen molar-refractivity contribution in [1.82, 2.24) is 4.90 Å². The maximum Gasteiger partial charge on any atom is 0.119 e. The van der Waals surface area contributed by atoms with Gasteiger partial charge >= 0.3 is 0 Å². The SMILES string of the molecule is Cc1ccccc1N1CCN(C)C2Cc3cccc(O)c3CC21. The molecule has 1 N–H and O–H groups in total. The smallest absolute Gasteiger partial charge is 0.119 e. The minimum atomic E-state index is 0.427. The largest absolute Gasteiger partial charge is 0.508 e. The third-order valence-corrected chi connectivity index (χ3v) is 5.62. The minimum Gasteiger partial charge on any atom is -0.508 e. The van der Waals surface area contributed by atoms with Gasteiger partial charge in [-0.05, 0) is 55.6 Å². The number of likely N-dealkylation sites (N-methyl/N-ethyl adjacent to an activating group) is 1. The molecule has 2 aromatic rings. The van der Waals surface area contributed by atoms with Crippen LogP contribution in [0.1, 0.15) is 16.7 Å². The standard InChI is InChI=1S/C20H24N2O/c1-14-6-3-4-8-17(14)22-11-10-21(2)18-12-15-7-5-9-20(23)16(15)13-19(18)22/h3-9,18-19,23H,10-13H2,1-2H3. The number of anilines is 1. The third-order valence-electron chi connectivity index (χ3n) is 5.62. The quantitative estimate of drug-likeness (QED) is 0.877. The minimum absolute atomic E-state index is 0.427. The average molecular weight is 308 g/mol. The Morgan fingerprint density at radius 3 is 2.61 bits per heavy atom. The fourth-order valence-electron chi connectivity index (χ4n) is 4.30. The highest BCUT2D eigenvalue weighted by Gasteiger charge is 2.39. The second-order valence-electron chi connectivity index (χ2n) is 6.92. The van der Waals surface area contributed by atoms with Crippen molar-refractivity contribution in [2.75, 3.05) is 25.0 Å². The van der Waals surface area contributed by atoms with E-state index in [1.807, 2.05) is 12.1 Å². The summed E-state index contributed by atoms with van der Waals surface area (Å²) in [7, 11) is 2.24. The van der Waals surface area contributed by atoms with E-state index in [0.717, 1.165) is 31.5 Å². The molecule has 0 aromatic heterocycles. The first-order valence-corrected chi connectivity index (χ1v) is 8.47. The summed E-state index contributed by atoms with van der Waals surface area (Å²) < 4.78 is 0. The zero-order valence-corrected chi connectivity index (χ0v) is 13.9. The highest BCUT2D eigenvalue weighted by atomic mass is 16.3. The molecule has 120 valence electrons. The van der Waals surface area contributed by atoms with Gasteiger partial charge in [-0.25, -0.2) is 0 Å². The highest BCUT2D eigenvalue weighted by Crippen LogP contribution is 2.36. The van der Waals surface area contributed by atoms with Crippen LogP contribution >= 0.6 is 0 Å². The van der Waals surface area contributed by atoms with E-state index in [-0.39, 0.29) is 0 Å². The summed E-state index contributed by atoms with van der Waals surface area (Å²) in [6.45, 7) is 4.33. The summed E-state index contributed by atoms with van der Waals surface area (Å²) in [4.78, 5) is 5.06. The van der Waals surface area contributed by atoms with Gasteiger partial charge in [-0.3, -0.25) is 4.90 Å². The Kier molecular flexibility index (Phi) is 3.53. The fourth-order valence-corrected chi connectivity index (χ4v) is 4.30. The van der Waals surface area contributed by atoms with E-state index in [1.165, 1.54) is 16.8 Å². The Morgan fingerprint density at radius 1 is 0.957 bits per heavy atom. The van der Waals surface area contributed by atoms with Crippen LogP contribution in [0.4, 0.5) is 5.69 Å². The van der Waals surface area contributed by atoms with Gasteiger partial charge in [0.15, 0.2) is 0 Å². The molecule has 0 saturated carbocycles. The number of aromatic hydroxyl groups is 1. The van der Waals surface area contributed by atoms with Crippen LogP contribution in [0, 0.1) is 6.92 Å². The number of hydrogen-bond acceptors (Lipinski definition) is 3. The number of para-hydroxylation sites is 1. The molecule has 3 nitrogen and oxygen atoms in total. The van der Waals surface area contributed by atoms with Crippen LogP contribution in [0.15, 0.2) is 42.5 Å². The number of fused-ring (bicyclic) bond motifs is 2. The molecule has 2 unspecified atom stereocenters. The van der Waals surface area contributed by atoms with Crippen molar-refractivity contribution in [3.8, 4) is 5.75 Å². The molecule has 0 radical (unpaired) electrons. The summed E-state index contributed by atoms with van der Waals surface area (Å²) in [6.07, 6.45) is 1.94. The van der Waals surface area contributed by atoms with E-state index in [0.29, 0.717) is 17.8 Å². The monoisotopic (exact) mass is 308 g/mol. The number of aryl methyl sites for hydroxylation is 1. The van der Waals surface area contributed by atoms with Crippen molar-refractivity contribution < 1.29 is 5.11 Å². The van der Waals surface area contributed by atoms with Crippen molar-refractivity contribution in [3.63, 3.8) is 0 Å². The Hall–Kier alpha value is -2.00. The molecule has 23 heavy (non-hydrogen) atoms. The molecule has 2 atom stereocenters. The Balaban J connectivity index is 1.75. The Labute approximate surface area is 138 Å². The molecule has 1 heterocycles. The first-order chi connectivity index (χ1) is 11.1. The van der Waals surface area contributed by atoms with E-state index in [4.69, 9.17) is 0 Å². The van der Waals surface area contributed by atoms with Crippen LogP contribution in [0.3, 0.4) is 0 Å². The summed E-state index contributed by atoms with van der Waals surface area (Å²) >= 11 is 0. The molecule has 0 bridgehead atoms. The van der Waals surface area contributed by atoms with E-state index >= 15 is 0 Å². The molecular formula is C20H24N2O. The summed E-state index contributed by atoms with van der Waals surface area (Å²) in [5.74, 6) is 0.457. The van der Waals surface area contributed by atoms with Gasteiger partial charge in [0.05, 0.1) is 0 Å². The summed E-state index contributed by atoms with van der Waals surface area (Å²) in [5, 5.41) is 10.3. The zero-order valence-electron chi connectivity index (χ0n) is 13.9. The predicted octanol–water partition coefficient (Wildman–Crippen LogP) is 2.99. The number of hydrogen-bond donors (Lipinski definition) is 1. The van der Waals surface area contributed by atoms with Crippen molar-refractivity contribution in [2.24, 2.45) is 0 Å². The number of piperazine rings is 1. The van der Waals surface area contributed by atoms with Crippen molar-refractivity contribution >= 4 is 5.69 Å². The maximum absolute atomic E-state index is 10.3. The molecule has 1 fully saturated rings. The normalized spacial score (nSPS) is 24.2. The van der Waals surface area contributed by atoms with E-state index in [1.54, 1.807) is 0 Å². The average Bonchev–Trinajstić information content (AvgIpc) is 2.56. The molecule has 0 spiro atoms. The summed E-state index contributed by atoms with van der Waals surface area (Å²) in [5.41, 5.74) is 5.13. The molecule has 4 rings (SSSR count). The van der Waals surface area contributed by atoms with Crippen LogP contribution in [0.5, 0.6) is 5.75 Å². The van der Waals surface area contributed by atoms with E-state index < -0.39 is 0 Å². The molecule has 2 aliphatic rings. The number of phenols is 1. The number of nitrogens with zero attached hydrogens (tertiary/aromatic N) is 2. The van der Waals surface area contributed by atoms with Gasteiger partial charge in [-0.2, -0.15) is 0 Å². The topological polar surface area (TPSA) is 26.7 Å². The lowest BCUT2D eigenvalue weighted by Gasteiger charge is -2.50. The molecule has 1 aliphatic heterocycles. The zero-order chi connectivity index (χ0) is 16.0. The first kappa shape index (κ1) is 14.6. The van der Waals surface area contributed by atoms with Crippen LogP contribution in [-0.4, -0.2) is 42.2 Å². The second-order valence-corrected chi connectivity index (χ2v) is 6.92. The Bertz CT molecular complexity index is 727. The molecular weight excluding hydrogens is 284 g/mol. The van der Waals surface area contributed by atoms with Gasteiger partial charge in [0.1, 0.15) is 5.75 Å². The van der Waals surface area contributed by atoms with Crippen LogP contribution in [0.2, 0.25) is 0 Å². The molecule has 3 heteroatoms. The van der Waals surface area contributed by atoms with Gasteiger partial charge in [0.2, 0.25) is 0 Å². The molecule has 1 aliphatic carbocycles. The van der Waals surface area contributed by atoms with Crippen molar-refractivity contribution in [2.45, 2.75) is 31.8 Å². The van der Waals surface area contributed by atoms with Crippen molar-refractivity contribution in [3.05, 3.63) is 59.2 Å². The van der Waals surface area contributed by atoms with Gasteiger partial charge in [0.25, 0.3) is 0 Å².